The normalized spacial score (nSPS) is 10.6. The predicted molar refractivity (Wildman–Crippen MR) is 102 cm³/mol. The Morgan fingerprint density at radius 3 is 2.70 bits per heavy atom. The zero-order valence-electron chi connectivity index (χ0n) is 15.2. The predicted octanol–water partition coefficient (Wildman–Crippen LogP) is 3.05. The van der Waals surface area contributed by atoms with Crippen molar-refractivity contribution in [3.8, 4) is 17.1 Å². The minimum Gasteiger partial charge on any atom is -0.494 e. The van der Waals surface area contributed by atoms with Gasteiger partial charge in [-0.05, 0) is 42.0 Å². The zero-order valence-corrected chi connectivity index (χ0v) is 15.9. The molecule has 8 heteroatoms. The fourth-order valence-corrected chi connectivity index (χ4v) is 2.71. The molecular formula is C19H20ClN5O2. The lowest BCUT2D eigenvalue weighted by Crippen LogP contribution is -2.30. The molecule has 3 aromatic rings. The van der Waals surface area contributed by atoms with Crippen molar-refractivity contribution in [3.63, 3.8) is 0 Å². The molecule has 0 radical (unpaired) electrons. The summed E-state index contributed by atoms with van der Waals surface area (Å²) < 4.78 is 5.42. The van der Waals surface area contributed by atoms with Crippen LogP contribution in [0.15, 0.2) is 48.5 Å². The van der Waals surface area contributed by atoms with Crippen molar-refractivity contribution >= 4 is 17.5 Å². The average molecular weight is 386 g/mol. The van der Waals surface area contributed by atoms with Crippen molar-refractivity contribution in [2.45, 2.75) is 20.0 Å². The zero-order chi connectivity index (χ0) is 19.2. The first-order chi connectivity index (χ1) is 13.0. The van der Waals surface area contributed by atoms with Crippen molar-refractivity contribution < 1.29 is 9.53 Å². The van der Waals surface area contributed by atoms with Gasteiger partial charge in [0.1, 0.15) is 12.3 Å². The molecule has 0 aliphatic carbocycles. The first kappa shape index (κ1) is 18.8. The first-order valence-corrected chi connectivity index (χ1v) is 8.92. The Labute approximate surface area is 162 Å². The Morgan fingerprint density at radius 1 is 1.22 bits per heavy atom. The third-order valence-electron chi connectivity index (χ3n) is 3.89. The molecule has 0 fully saturated rings. The maximum atomic E-state index is 12.4. The number of nitrogens with zero attached hydrogens (tertiary/aromatic N) is 5. The average Bonchev–Trinajstić information content (AvgIpc) is 3.12. The van der Waals surface area contributed by atoms with Gasteiger partial charge in [0.2, 0.25) is 11.7 Å². The number of ether oxygens (including phenoxy) is 1. The van der Waals surface area contributed by atoms with E-state index in [0.29, 0.717) is 24.0 Å². The van der Waals surface area contributed by atoms with E-state index < -0.39 is 0 Å². The lowest BCUT2D eigenvalue weighted by Gasteiger charge is -2.17. The third-order valence-corrected chi connectivity index (χ3v) is 4.13. The highest BCUT2D eigenvalue weighted by Gasteiger charge is 2.13. The molecule has 0 atom stereocenters. The molecule has 1 aromatic heterocycles. The maximum Gasteiger partial charge on any atom is 0.246 e. The van der Waals surface area contributed by atoms with E-state index in [9.17, 15) is 4.79 Å². The second-order valence-corrected chi connectivity index (χ2v) is 6.42. The molecule has 7 nitrogen and oxygen atoms in total. The summed E-state index contributed by atoms with van der Waals surface area (Å²) in [5, 5.41) is 12.8. The summed E-state index contributed by atoms with van der Waals surface area (Å²) in [7, 11) is 1.74. The largest absolute Gasteiger partial charge is 0.494 e. The number of halogens is 1. The fourth-order valence-electron chi connectivity index (χ4n) is 2.51. The molecule has 0 spiro atoms. The molecule has 0 saturated heterocycles. The van der Waals surface area contributed by atoms with E-state index in [1.165, 1.54) is 4.80 Å². The molecular weight excluding hydrogens is 366 g/mol. The Morgan fingerprint density at radius 2 is 2.00 bits per heavy atom. The molecule has 0 saturated carbocycles. The van der Waals surface area contributed by atoms with Gasteiger partial charge < -0.3 is 9.64 Å². The van der Waals surface area contributed by atoms with Gasteiger partial charge in [0.05, 0.1) is 6.61 Å². The van der Waals surface area contributed by atoms with E-state index in [4.69, 9.17) is 16.3 Å². The van der Waals surface area contributed by atoms with Gasteiger partial charge in [0.25, 0.3) is 0 Å². The molecule has 3 rings (SSSR count). The van der Waals surface area contributed by atoms with Crippen molar-refractivity contribution in [2.24, 2.45) is 0 Å². The molecule has 2 aromatic carbocycles. The number of likely N-dealkylation sites (N-methyl/N-ethyl adjacent to an activating group) is 1. The molecule has 27 heavy (non-hydrogen) atoms. The number of tetrazole rings is 1. The van der Waals surface area contributed by atoms with Crippen LogP contribution in [0.3, 0.4) is 0 Å². The van der Waals surface area contributed by atoms with Gasteiger partial charge in [-0.1, -0.05) is 35.9 Å². The van der Waals surface area contributed by atoms with Crippen molar-refractivity contribution in [1.82, 2.24) is 25.1 Å². The fraction of sp³-hybridized carbons (Fsp3) is 0.263. The van der Waals surface area contributed by atoms with Gasteiger partial charge in [-0.15, -0.1) is 10.2 Å². The summed E-state index contributed by atoms with van der Waals surface area (Å²) in [6, 6.07) is 14.9. The van der Waals surface area contributed by atoms with Gasteiger partial charge in [0.15, 0.2) is 0 Å². The van der Waals surface area contributed by atoms with Gasteiger partial charge in [-0.3, -0.25) is 4.79 Å². The maximum absolute atomic E-state index is 12.4. The Kier molecular flexibility index (Phi) is 6.03. The van der Waals surface area contributed by atoms with E-state index in [0.717, 1.165) is 16.9 Å². The van der Waals surface area contributed by atoms with E-state index in [-0.39, 0.29) is 12.5 Å². The molecule has 0 unspecified atom stereocenters. The van der Waals surface area contributed by atoms with E-state index >= 15 is 0 Å². The van der Waals surface area contributed by atoms with Crippen molar-refractivity contribution in [2.75, 3.05) is 13.7 Å². The molecule has 140 valence electrons. The van der Waals surface area contributed by atoms with Crippen LogP contribution in [0.4, 0.5) is 0 Å². The van der Waals surface area contributed by atoms with Crippen LogP contribution in [0.5, 0.6) is 5.75 Å². The number of hydrogen-bond acceptors (Lipinski definition) is 5. The highest BCUT2D eigenvalue weighted by Crippen LogP contribution is 2.18. The van der Waals surface area contributed by atoms with Gasteiger partial charge >= 0.3 is 0 Å². The number of hydrogen-bond donors (Lipinski definition) is 0. The molecule has 0 bridgehead atoms. The molecule has 1 amide bonds. The summed E-state index contributed by atoms with van der Waals surface area (Å²) in [5.74, 6) is 1.13. The van der Waals surface area contributed by atoms with Crippen LogP contribution in [0.1, 0.15) is 12.5 Å². The van der Waals surface area contributed by atoms with E-state index in [2.05, 4.69) is 15.4 Å². The van der Waals surface area contributed by atoms with Crippen LogP contribution in [0.25, 0.3) is 11.4 Å². The Hall–Kier alpha value is -2.93. The summed E-state index contributed by atoms with van der Waals surface area (Å²) in [4.78, 5) is 15.3. The number of carbonyl (C=O) groups is 1. The number of rotatable bonds is 7. The van der Waals surface area contributed by atoms with Crippen LogP contribution in [-0.2, 0) is 17.9 Å². The number of benzene rings is 2. The second-order valence-electron chi connectivity index (χ2n) is 5.98. The molecule has 0 aliphatic rings. The standard InChI is InChI=1S/C19H20ClN5O2/c1-3-27-17-9-7-14(8-10-17)12-24(2)18(26)13-25-22-19(21-23-25)15-5-4-6-16(20)11-15/h4-11H,3,12-13H2,1-2H3. The van der Waals surface area contributed by atoms with Crippen molar-refractivity contribution in [1.29, 1.82) is 0 Å². The summed E-state index contributed by atoms with van der Waals surface area (Å²) in [6.45, 7) is 3.07. The first-order valence-electron chi connectivity index (χ1n) is 8.54. The van der Waals surface area contributed by atoms with Crippen LogP contribution in [0.2, 0.25) is 5.02 Å². The minimum absolute atomic E-state index is 0.0150. The number of amides is 1. The third kappa shape index (κ3) is 5.04. The van der Waals surface area contributed by atoms with Crippen LogP contribution in [0, 0.1) is 0 Å². The van der Waals surface area contributed by atoms with Gasteiger partial charge in [-0.2, -0.15) is 4.80 Å². The Bertz CT molecular complexity index is 910. The second kappa shape index (κ2) is 8.64. The topological polar surface area (TPSA) is 73.1 Å². The molecule has 0 aliphatic heterocycles. The lowest BCUT2D eigenvalue weighted by atomic mass is 10.2. The van der Waals surface area contributed by atoms with Gasteiger partial charge in [-0.25, -0.2) is 0 Å². The quantitative estimate of drug-likeness (QED) is 0.625. The number of aromatic nitrogens is 4. The van der Waals surface area contributed by atoms with E-state index in [1.807, 2.05) is 43.3 Å². The summed E-state index contributed by atoms with van der Waals surface area (Å²) in [5.41, 5.74) is 1.77. The minimum atomic E-state index is -0.112. The number of carbonyl (C=O) groups excluding carboxylic acids is 1. The van der Waals surface area contributed by atoms with Crippen LogP contribution in [-0.4, -0.2) is 44.7 Å². The highest BCUT2D eigenvalue weighted by molar-refractivity contribution is 6.30. The van der Waals surface area contributed by atoms with Crippen molar-refractivity contribution in [3.05, 3.63) is 59.1 Å². The smallest absolute Gasteiger partial charge is 0.246 e. The summed E-state index contributed by atoms with van der Waals surface area (Å²) in [6.07, 6.45) is 0. The summed E-state index contributed by atoms with van der Waals surface area (Å²) >= 11 is 5.98. The molecule has 0 N–H and O–H groups in total. The van der Waals surface area contributed by atoms with E-state index in [1.54, 1.807) is 24.1 Å². The van der Waals surface area contributed by atoms with Crippen LogP contribution < -0.4 is 4.74 Å². The lowest BCUT2D eigenvalue weighted by molar-refractivity contribution is -0.131. The van der Waals surface area contributed by atoms with Gasteiger partial charge in [0, 0.05) is 24.2 Å². The highest BCUT2D eigenvalue weighted by atomic mass is 35.5. The van der Waals surface area contributed by atoms with Crippen LogP contribution >= 0.6 is 11.6 Å². The molecule has 1 heterocycles. The Balaban J connectivity index is 1.59. The SMILES string of the molecule is CCOc1ccc(CN(C)C(=O)Cn2nnc(-c3cccc(Cl)c3)n2)cc1. The monoisotopic (exact) mass is 385 g/mol.